The third kappa shape index (κ3) is 3.03. The lowest BCUT2D eigenvalue weighted by Gasteiger charge is -2.28. The first-order chi connectivity index (χ1) is 13.8. The first-order valence-corrected chi connectivity index (χ1v) is 9.59. The fourth-order valence-corrected chi connectivity index (χ4v) is 3.65. The molecule has 4 aromatic rings. The normalized spacial score (nSPS) is 14.2. The van der Waals surface area contributed by atoms with Crippen LogP contribution in [0.15, 0.2) is 60.9 Å². The monoisotopic (exact) mass is 373 g/mol. The number of aromatic amines is 1. The molecule has 1 fully saturated rings. The predicted molar refractivity (Wildman–Crippen MR) is 107 cm³/mol. The van der Waals surface area contributed by atoms with E-state index in [1.54, 1.807) is 18.5 Å². The van der Waals surface area contributed by atoms with Gasteiger partial charge < -0.3 is 9.72 Å². The molecule has 1 aliphatic rings. The van der Waals surface area contributed by atoms with Gasteiger partial charge in [0.25, 0.3) is 0 Å². The average molecular weight is 373 g/mol. The van der Waals surface area contributed by atoms with Crippen LogP contribution < -0.4 is 4.74 Å². The van der Waals surface area contributed by atoms with Gasteiger partial charge in [0.05, 0.1) is 11.9 Å². The van der Waals surface area contributed by atoms with Crippen LogP contribution >= 0.6 is 0 Å². The Bertz CT molecular complexity index is 1120. The number of nitrogens with one attached hydrogen (secondary N) is 1. The van der Waals surface area contributed by atoms with Gasteiger partial charge in [0.2, 0.25) is 0 Å². The summed E-state index contributed by atoms with van der Waals surface area (Å²) in [5, 5.41) is 0. The molecule has 5 heteroatoms. The number of hydrogen-bond donors (Lipinski definition) is 1. The van der Waals surface area contributed by atoms with Crippen LogP contribution in [-0.4, -0.2) is 15.0 Å². The summed E-state index contributed by atoms with van der Waals surface area (Å²) in [5.74, 6) is 0.360. The molecule has 0 radical (unpaired) electrons. The van der Waals surface area contributed by atoms with Gasteiger partial charge in [-0.1, -0.05) is 42.8 Å². The first-order valence-electron chi connectivity index (χ1n) is 9.59. The molecule has 0 unspecified atom stereocenters. The quantitative estimate of drug-likeness (QED) is 0.495. The number of H-pyrrole nitrogens is 1. The van der Waals surface area contributed by atoms with E-state index in [0.29, 0.717) is 40.7 Å². The molecule has 140 valence electrons. The van der Waals surface area contributed by atoms with Gasteiger partial charge in [-0.3, -0.25) is 0 Å². The number of nitrogens with zero attached hydrogens (tertiary/aromatic N) is 2. The van der Waals surface area contributed by atoms with Crippen LogP contribution in [0.5, 0.6) is 5.75 Å². The van der Waals surface area contributed by atoms with Gasteiger partial charge in [-0.25, -0.2) is 14.4 Å². The van der Waals surface area contributed by atoms with Crippen molar-refractivity contribution in [1.29, 1.82) is 0 Å². The van der Waals surface area contributed by atoms with Gasteiger partial charge in [-0.2, -0.15) is 0 Å². The maximum absolute atomic E-state index is 15.6. The van der Waals surface area contributed by atoms with Crippen LogP contribution in [0.1, 0.15) is 36.3 Å². The number of benzene rings is 2. The molecule has 0 amide bonds. The summed E-state index contributed by atoms with van der Waals surface area (Å²) >= 11 is 0. The molecular weight excluding hydrogens is 353 g/mol. The van der Waals surface area contributed by atoms with Crippen molar-refractivity contribution >= 4 is 11.2 Å². The fourth-order valence-electron chi connectivity index (χ4n) is 3.65. The molecule has 2 aromatic heterocycles. The predicted octanol–water partition coefficient (Wildman–Crippen LogP) is 5.61. The molecule has 1 aliphatic carbocycles. The highest BCUT2D eigenvalue weighted by Crippen LogP contribution is 2.44. The number of rotatable bonds is 5. The van der Waals surface area contributed by atoms with Crippen molar-refractivity contribution in [3.05, 3.63) is 77.9 Å². The van der Waals surface area contributed by atoms with Crippen LogP contribution in [0.4, 0.5) is 4.39 Å². The SMILES string of the molecule is Fc1c(-c2cnc3[nH]ccc3n2)ccc(C2CCC2)c1OCc1ccccc1. The second-order valence-electron chi connectivity index (χ2n) is 7.21. The summed E-state index contributed by atoms with van der Waals surface area (Å²) in [6.45, 7) is 0.337. The Labute approximate surface area is 162 Å². The van der Waals surface area contributed by atoms with Crippen molar-refractivity contribution in [2.24, 2.45) is 0 Å². The maximum atomic E-state index is 15.6. The lowest BCUT2D eigenvalue weighted by atomic mass is 9.79. The van der Waals surface area contributed by atoms with E-state index in [9.17, 15) is 0 Å². The molecule has 2 aromatic carbocycles. The standard InChI is InChI=1S/C23H20FN3O/c24-21-18(20-13-26-23-19(27-20)11-12-25-23)10-9-17(16-7-4-8-16)22(21)28-14-15-5-2-1-3-6-15/h1-3,5-6,9-13,16H,4,7-8,14H2,(H,25,26). The van der Waals surface area contributed by atoms with E-state index in [1.807, 2.05) is 42.5 Å². The Kier molecular flexibility index (Phi) is 4.28. The van der Waals surface area contributed by atoms with Gasteiger partial charge in [0, 0.05) is 17.3 Å². The summed E-state index contributed by atoms with van der Waals surface area (Å²) in [6, 6.07) is 15.5. The van der Waals surface area contributed by atoms with E-state index < -0.39 is 0 Å². The summed E-state index contributed by atoms with van der Waals surface area (Å²) in [7, 11) is 0. The highest BCUT2D eigenvalue weighted by Gasteiger charge is 2.27. The van der Waals surface area contributed by atoms with E-state index in [0.717, 1.165) is 24.0 Å². The molecule has 0 spiro atoms. The molecule has 0 aliphatic heterocycles. The topological polar surface area (TPSA) is 50.8 Å². The van der Waals surface area contributed by atoms with E-state index >= 15 is 4.39 Å². The summed E-state index contributed by atoms with van der Waals surface area (Å²) in [6.07, 6.45) is 6.72. The molecule has 0 saturated heterocycles. The van der Waals surface area contributed by atoms with Crippen LogP contribution in [0, 0.1) is 5.82 Å². The summed E-state index contributed by atoms with van der Waals surface area (Å²) in [5.41, 5.74) is 4.30. The van der Waals surface area contributed by atoms with Crippen molar-refractivity contribution in [2.75, 3.05) is 0 Å². The summed E-state index contributed by atoms with van der Waals surface area (Å²) < 4.78 is 21.6. The zero-order chi connectivity index (χ0) is 18.9. The van der Waals surface area contributed by atoms with Crippen molar-refractivity contribution in [3.63, 3.8) is 0 Å². The molecular formula is C23H20FN3O. The van der Waals surface area contributed by atoms with Crippen molar-refractivity contribution < 1.29 is 9.13 Å². The van der Waals surface area contributed by atoms with Crippen LogP contribution in [-0.2, 0) is 6.61 Å². The van der Waals surface area contributed by atoms with Gasteiger partial charge in [-0.05, 0) is 36.5 Å². The minimum Gasteiger partial charge on any atom is -0.486 e. The molecule has 0 atom stereocenters. The van der Waals surface area contributed by atoms with E-state index in [4.69, 9.17) is 4.74 Å². The number of hydrogen-bond acceptors (Lipinski definition) is 3. The average Bonchev–Trinajstić information content (AvgIpc) is 3.15. The maximum Gasteiger partial charge on any atom is 0.174 e. The van der Waals surface area contributed by atoms with E-state index in [2.05, 4.69) is 15.0 Å². The number of fused-ring (bicyclic) bond motifs is 1. The smallest absolute Gasteiger partial charge is 0.174 e. The van der Waals surface area contributed by atoms with Gasteiger partial charge >= 0.3 is 0 Å². The van der Waals surface area contributed by atoms with E-state index in [1.165, 1.54) is 6.42 Å². The van der Waals surface area contributed by atoms with Gasteiger partial charge in [0.1, 0.15) is 12.1 Å². The molecule has 28 heavy (non-hydrogen) atoms. The zero-order valence-electron chi connectivity index (χ0n) is 15.4. The van der Waals surface area contributed by atoms with Crippen molar-refractivity contribution in [1.82, 2.24) is 15.0 Å². The lowest BCUT2D eigenvalue weighted by Crippen LogP contribution is -2.12. The highest BCUT2D eigenvalue weighted by atomic mass is 19.1. The van der Waals surface area contributed by atoms with Crippen LogP contribution in [0.3, 0.4) is 0 Å². The van der Waals surface area contributed by atoms with Gasteiger partial charge in [0.15, 0.2) is 17.2 Å². The second-order valence-corrected chi connectivity index (χ2v) is 7.21. The third-order valence-electron chi connectivity index (χ3n) is 5.44. The number of halogens is 1. The Morgan fingerprint density at radius 1 is 1.07 bits per heavy atom. The van der Waals surface area contributed by atoms with Crippen molar-refractivity contribution in [3.8, 4) is 17.0 Å². The molecule has 2 heterocycles. The molecule has 1 saturated carbocycles. The minimum atomic E-state index is -0.357. The Morgan fingerprint density at radius 2 is 1.93 bits per heavy atom. The second kappa shape index (κ2) is 7.08. The Hall–Kier alpha value is -3.21. The Balaban J connectivity index is 1.54. The molecule has 5 rings (SSSR count). The summed E-state index contributed by atoms with van der Waals surface area (Å²) in [4.78, 5) is 11.9. The van der Waals surface area contributed by atoms with Gasteiger partial charge in [-0.15, -0.1) is 0 Å². The molecule has 1 N–H and O–H groups in total. The van der Waals surface area contributed by atoms with Crippen molar-refractivity contribution in [2.45, 2.75) is 31.8 Å². The molecule has 0 bridgehead atoms. The van der Waals surface area contributed by atoms with E-state index in [-0.39, 0.29) is 5.82 Å². The highest BCUT2D eigenvalue weighted by molar-refractivity contribution is 5.75. The zero-order valence-corrected chi connectivity index (χ0v) is 15.4. The number of ether oxygens (including phenoxy) is 1. The van der Waals surface area contributed by atoms with Crippen LogP contribution in [0.25, 0.3) is 22.4 Å². The number of aromatic nitrogens is 3. The fraction of sp³-hybridized carbons (Fsp3) is 0.217. The largest absolute Gasteiger partial charge is 0.486 e. The molecule has 4 nitrogen and oxygen atoms in total. The Morgan fingerprint density at radius 3 is 2.71 bits per heavy atom. The third-order valence-corrected chi connectivity index (χ3v) is 5.44. The minimum absolute atomic E-state index is 0.337. The first kappa shape index (κ1) is 16.9. The van der Waals surface area contributed by atoms with Crippen LogP contribution in [0.2, 0.25) is 0 Å². The lowest BCUT2D eigenvalue weighted by molar-refractivity contribution is 0.279.